The van der Waals surface area contributed by atoms with E-state index in [1.54, 1.807) is 4.90 Å². The number of hydrogen-bond acceptors (Lipinski definition) is 2. The molecule has 106 valence electrons. The minimum atomic E-state index is -0.638. The van der Waals surface area contributed by atoms with Crippen molar-refractivity contribution in [1.29, 1.82) is 0 Å². The molecule has 0 spiro atoms. The van der Waals surface area contributed by atoms with Gasteiger partial charge in [0.25, 0.3) is 0 Å². The highest BCUT2D eigenvalue weighted by Gasteiger charge is 2.38. The maximum Gasteiger partial charge on any atom is 0.242 e. The van der Waals surface area contributed by atoms with E-state index in [4.69, 9.17) is 17.3 Å². The first-order valence-corrected chi connectivity index (χ1v) is 6.68. The molecule has 5 heteroatoms. The van der Waals surface area contributed by atoms with E-state index in [0.717, 1.165) is 31.2 Å². The molecule has 3 nitrogen and oxygen atoms in total. The molecule has 1 fully saturated rings. The second-order valence-electron chi connectivity index (χ2n) is 5.15. The van der Waals surface area contributed by atoms with Crippen LogP contribution in [0, 0.1) is 0 Å². The van der Waals surface area contributed by atoms with Crippen LogP contribution < -0.4 is 5.73 Å². The fraction of sp³-hybridized carbons (Fsp3) is 0.500. The van der Waals surface area contributed by atoms with Gasteiger partial charge >= 0.3 is 0 Å². The number of benzene rings is 1. The summed E-state index contributed by atoms with van der Waals surface area (Å²) in [5.74, 6) is 0.0509. The molecule has 0 bridgehead atoms. The number of nitrogens with zero attached hydrogens (tertiary/aromatic N) is 1. The zero-order valence-electron chi connectivity index (χ0n) is 11.1. The first kappa shape index (κ1) is 16.3. The highest BCUT2D eigenvalue weighted by atomic mass is 35.5. The van der Waals surface area contributed by atoms with Crippen molar-refractivity contribution < 1.29 is 4.79 Å². The molecule has 1 amide bonds. The van der Waals surface area contributed by atoms with Gasteiger partial charge in [0.1, 0.15) is 0 Å². The third-order valence-electron chi connectivity index (χ3n) is 3.60. The molecule has 0 heterocycles. The highest BCUT2D eigenvalue weighted by Crippen LogP contribution is 2.29. The van der Waals surface area contributed by atoms with Crippen LogP contribution >= 0.6 is 24.0 Å². The third-order valence-corrected chi connectivity index (χ3v) is 3.85. The van der Waals surface area contributed by atoms with E-state index in [-0.39, 0.29) is 18.3 Å². The minimum absolute atomic E-state index is 0. The number of halogens is 2. The number of nitrogens with two attached hydrogens (primary N) is 1. The maximum absolute atomic E-state index is 12.3. The Bertz CT molecular complexity index is 428. The molecular weight excluding hydrogens is 283 g/mol. The Kier molecular flexibility index (Phi) is 5.65. The van der Waals surface area contributed by atoms with Crippen molar-refractivity contribution in [2.24, 2.45) is 5.73 Å². The van der Waals surface area contributed by atoms with Gasteiger partial charge in [-0.1, -0.05) is 36.6 Å². The topological polar surface area (TPSA) is 46.3 Å². The van der Waals surface area contributed by atoms with E-state index >= 15 is 0 Å². The molecule has 2 N–H and O–H groups in total. The number of amides is 1. The van der Waals surface area contributed by atoms with Crippen LogP contribution in [0.4, 0.5) is 0 Å². The number of carbonyl (C=O) groups is 1. The summed E-state index contributed by atoms with van der Waals surface area (Å²) >= 11 is 5.84. The number of rotatable bonds is 3. The van der Waals surface area contributed by atoms with Gasteiger partial charge in [-0.15, -0.1) is 12.4 Å². The number of hydrogen-bond donors (Lipinski definition) is 1. The van der Waals surface area contributed by atoms with Gasteiger partial charge in [-0.25, -0.2) is 0 Å². The lowest BCUT2D eigenvalue weighted by molar-refractivity contribution is -0.136. The van der Waals surface area contributed by atoms with Crippen LogP contribution in [0.3, 0.4) is 0 Å². The third kappa shape index (κ3) is 3.85. The first-order valence-electron chi connectivity index (χ1n) is 6.30. The van der Waals surface area contributed by atoms with Crippen molar-refractivity contribution in [2.75, 3.05) is 7.05 Å². The lowest BCUT2D eigenvalue weighted by Crippen LogP contribution is -2.52. The van der Waals surface area contributed by atoms with Crippen LogP contribution in [0.15, 0.2) is 24.3 Å². The Morgan fingerprint density at radius 1 is 1.32 bits per heavy atom. The molecule has 19 heavy (non-hydrogen) atoms. The lowest BCUT2D eigenvalue weighted by atomic mass is 9.97. The molecule has 0 saturated heterocycles. The van der Waals surface area contributed by atoms with E-state index < -0.39 is 5.54 Å². The molecule has 0 atom stereocenters. The smallest absolute Gasteiger partial charge is 0.242 e. The van der Waals surface area contributed by atoms with E-state index in [1.807, 2.05) is 31.3 Å². The van der Waals surface area contributed by atoms with Gasteiger partial charge in [0.2, 0.25) is 5.91 Å². The van der Waals surface area contributed by atoms with Crippen molar-refractivity contribution in [2.45, 2.75) is 37.8 Å². The Balaban J connectivity index is 0.00000180. The van der Waals surface area contributed by atoms with E-state index in [2.05, 4.69) is 0 Å². The Labute approximate surface area is 125 Å². The Morgan fingerprint density at radius 2 is 1.84 bits per heavy atom. The van der Waals surface area contributed by atoms with E-state index in [0.29, 0.717) is 11.6 Å². The molecule has 2 rings (SSSR count). The van der Waals surface area contributed by atoms with Gasteiger partial charge in [0, 0.05) is 18.6 Å². The largest absolute Gasteiger partial charge is 0.340 e. The molecule has 0 aromatic heterocycles. The molecular formula is C14H20Cl2N2O. The predicted molar refractivity (Wildman–Crippen MR) is 80.6 cm³/mol. The van der Waals surface area contributed by atoms with Crippen LogP contribution in [0.5, 0.6) is 0 Å². The fourth-order valence-electron chi connectivity index (χ4n) is 2.54. The minimum Gasteiger partial charge on any atom is -0.340 e. The monoisotopic (exact) mass is 302 g/mol. The van der Waals surface area contributed by atoms with Gasteiger partial charge in [0.15, 0.2) is 0 Å². The van der Waals surface area contributed by atoms with Crippen molar-refractivity contribution >= 4 is 29.9 Å². The molecule has 1 saturated carbocycles. The quantitative estimate of drug-likeness (QED) is 0.933. The Hall–Kier alpha value is -0.770. The summed E-state index contributed by atoms with van der Waals surface area (Å²) < 4.78 is 0. The first-order chi connectivity index (χ1) is 8.51. The van der Waals surface area contributed by atoms with Gasteiger partial charge in [-0.3, -0.25) is 4.79 Å². The van der Waals surface area contributed by atoms with Crippen LogP contribution in [0.1, 0.15) is 31.2 Å². The molecule has 1 aromatic rings. The summed E-state index contributed by atoms with van der Waals surface area (Å²) in [4.78, 5) is 14.0. The second-order valence-corrected chi connectivity index (χ2v) is 5.59. The summed E-state index contributed by atoms with van der Waals surface area (Å²) in [7, 11) is 1.81. The number of carbonyl (C=O) groups excluding carboxylic acids is 1. The van der Waals surface area contributed by atoms with E-state index in [9.17, 15) is 4.79 Å². The van der Waals surface area contributed by atoms with Crippen molar-refractivity contribution in [1.82, 2.24) is 4.90 Å². The fourth-order valence-corrected chi connectivity index (χ4v) is 2.66. The molecule has 1 aliphatic rings. The zero-order chi connectivity index (χ0) is 13.2. The average molecular weight is 303 g/mol. The maximum atomic E-state index is 12.3. The average Bonchev–Trinajstić information content (AvgIpc) is 2.79. The SMILES string of the molecule is CN(Cc1ccc(Cl)cc1)C(=O)C1(N)CCCC1.Cl. The van der Waals surface area contributed by atoms with Gasteiger partial charge in [0.05, 0.1) is 5.54 Å². The predicted octanol–water partition coefficient (Wildman–Crippen LogP) is 2.99. The van der Waals surface area contributed by atoms with Gasteiger partial charge in [-0.05, 0) is 30.5 Å². The van der Waals surface area contributed by atoms with Crippen LogP contribution in [0.25, 0.3) is 0 Å². The normalized spacial score (nSPS) is 16.8. The summed E-state index contributed by atoms with van der Waals surface area (Å²) in [6.45, 7) is 0.578. The summed E-state index contributed by atoms with van der Waals surface area (Å²) in [6, 6.07) is 7.54. The molecule has 0 aliphatic heterocycles. The van der Waals surface area contributed by atoms with Crippen molar-refractivity contribution in [3.63, 3.8) is 0 Å². The lowest BCUT2D eigenvalue weighted by Gasteiger charge is -2.28. The van der Waals surface area contributed by atoms with Crippen molar-refractivity contribution in [3.8, 4) is 0 Å². The summed E-state index contributed by atoms with van der Waals surface area (Å²) in [6.07, 6.45) is 3.71. The Morgan fingerprint density at radius 3 is 2.37 bits per heavy atom. The molecule has 1 aliphatic carbocycles. The summed E-state index contributed by atoms with van der Waals surface area (Å²) in [5.41, 5.74) is 6.60. The van der Waals surface area contributed by atoms with E-state index in [1.165, 1.54) is 0 Å². The standard InChI is InChI=1S/C14H19ClN2O.ClH/c1-17(10-11-4-6-12(15)7-5-11)13(18)14(16)8-2-3-9-14;/h4-7H,2-3,8-10,16H2,1H3;1H. The molecule has 0 unspecified atom stereocenters. The van der Waals surface area contributed by atoms with Gasteiger partial charge in [-0.2, -0.15) is 0 Å². The number of likely N-dealkylation sites (N-methyl/N-ethyl adjacent to an activating group) is 1. The van der Waals surface area contributed by atoms with Crippen molar-refractivity contribution in [3.05, 3.63) is 34.9 Å². The van der Waals surface area contributed by atoms with Crippen LogP contribution in [0.2, 0.25) is 5.02 Å². The van der Waals surface area contributed by atoms with Crippen LogP contribution in [-0.2, 0) is 11.3 Å². The summed E-state index contributed by atoms with van der Waals surface area (Å²) in [5, 5.41) is 0.707. The van der Waals surface area contributed by atoms with Gasteiger partial charge < -0.3 is 10.6 Å². The highest BCUT2D eigenvalue weighted by molar-refractivity contribution is 6.30. The molecule has 0 radical (unpaired) electrons. The molecule has 1 aromatic carbocycles. The zero-order valence-corrected chi connectivity index (χ0v) is 12.6. The van der Waals surface area contributed by atoms with Crippen LogP contribution in [-0.4, -0.2) is 23.4 Å². The second kappa shape index (κ2) is 6.60.